The third-order valence-electron chi connectivity index (χ3n) is 5.04. The molecule has 8 nitrogen and oxygen atoms in total. The minimum Gasteiger partial charge on any atom is -0.494 e. The SMILES string of the molecule is CCOc1ccc(N2C(=O)C[C@@H](N(CCc3ccccc3)C(=O)/C=C/C(=O)O)C2=O)cc1. The van der Waals surface area contributed by atoms with Gasteiger partial charge < -0.3 is 14.7 Å². The zero-order valence-corrected chi connectivity index (χ0v) is 17.6. The van der Waals surface area contributed by atoms with E-state index in [1.165, 1.54) is 4.90 Å². The lowest BCUT2D eigenvalue weighted by atomic mass is 10.1. The largest absolute Gasteiger partial charge is 0.494 e. The molecular formula is C24H24N2O6. The van der Waals surface area contributed by atoms with E-state index in [1.807, 2.05) is 37.3 Å². The maximum atomic E-state index is 13.2. The van der Waals surface area contributed by atoms with Crippen LogP contribution in [0.25, 0.3) is 0 Å². The van der Waals surface area contributed by atoms with Crippen molar-refractivity contribution in [2.45, 2.75) is 25.8 Å². The quantitative estimate of drug-likeness (QED) is 0.478. The fourth-order valence-corrected chi connectivity index (χ4v) is 3.54. The number of carbonyl (C=O) groups excluding carboxylic acids is 3. The summed E-state index contributed by atoms with van der Waals surface area (Å²) in [5.41, 5.74) is 1.34. The van der Waals surface area contributed by atoms with Crippen LogP contribution in [-0.2, 0) is 25.6 Å². The van der Waals surface area contributed by atoms with Crippen molar-refractivity contribution in [2.75, 3.05) is 18.1 Å². The molecule has 8 heteroatoms. The first-order chi connectivity index (χ1) is 15.4. The number of aliphatic carboxylic acids is 1. The molecule has 0 spiro atoms. The summed E-state index contributed by atoms with van der Waals surface area (Å²) < 4.78 is 5.39. The van der Waals surface area contributed by atoms with Crippen molar-refractivity contribution in [2.24, 2.45) is 0 Å². The van der Waals surface area contributed by atoms with Gasteiger partial charge in [-0.05, 0) is 43.2 Å². The molecular weight excluding hydrogens is 412 g/mol. The van der Waals surface area contributed by atoms with E-state index in [-0.39, 0.29) is 13.0 Å². The van der Waals surface area contributed by atoms with Crippen molar-refractivity contribution in [3.8, 4) is 5.75 Å². The molecule has 3 amide bonds. The first-order valence-electron chi connectivity index (χ1n) is 10.3. The molecule has 1 atom stereocenters. The number of imide groups is 1. The molecule has 0 aromatic heterocycles. The van der Waals surface area contributed by atoms with Crippen molar-refractivity contribution in [3.63, 3.8) is 0 Å². The first-order valence-corrected chi connectivity index (χ1v) is 10.3. The Hall–Kier alpha value is -3.94. The van der Waals surface area contributed by atoms with Crippen molar-refractivity contribution in [3.05, 3.63) is 72.3 Å². The van der Waals surface area contributed by atoms with Crippen LogP contribution in [0.5, 0.6) is 5.75 Å². The minimum atomic E-state index is -1.27. The van der Waals surface area contributed by atoms with Gasteiger partial charge in [0.15, 0.2) is 0 Å². The van der Waals surface area contributed by atoms with Crippen molar-refractivity contribution < 1.29 is 29.0 Å². The molecule has 2 aromatic carbocycles. The van der Waals surface area contributed by atoms with Crippen LogP contribution in [0.3, 0.4) is 0 Å². The number of hydrogen-bond donors (Lipinski definition) is 1. The summed E-state index contributed by atoms with van der Waals surface area (Å²) in [4.78, 5) is 51.8. The number of nitrogens with zero attached hydrogens (tertiary/aromatic N) is 2. The van der Waals surface area contributed by atoms with Crippen LogP contribution in [0.15, 0.2) is 66.7 Å². The molecule has 1 saturated heterocycles. The molecule has 3 rings (SSSR count). The Morgan fingerprint density at radius 3 is 2.41 bits per heavy atom. The average Bonchev–Trinajstić information content (AvgIpc) is 3.07. The van der Waals surface area contributed by atoms with Gasteiger partial charge >= 0.3 is 5.97 Å². The van der Waals surface area contributed by atoms with E-state index in [1.54, 1.807) is 24.3 Å². The molecule has 0 radical (unpaired) electrons. The molecule has 32 heavy (non-hydrogen) atoms. The normalized spacial score (nSPS) is 15.9. The topological polar surface area (TPSA) is 104 Å². The molecule has 1 N–H and O–H groups in total. The number of amides is 3. The lowest BCUT2D eigenvalue weighted by Gasteiger charge is -2.26. The molecule has 1 heterocycles. The molecule has 1 aliphatic heterocycles. The Labute approximate surface area is 185 Å². The maximum absolute atomic E-state index is 13.2. The van der Waals surface area contributed by atoms with E-state index in [2.05, 4.69) is 0 Å². The maximum Gasteiger partial charge on any atom is 0.328 e. The third-order valence-corrected chi connectivity index (χ3v) is 5.04. The van der Waals surface area contributed by atoms with E-state index in [9.17, 15) is 19.2 Å². The summed E-state index contributed by atoms with van der Waals surface area (Å²) in [6, 6.07) is 14.9. The van der Waals surface area contributed by atoms with Gasteiger partial charge in [-0.25, -0.2) is 9.69 Å². The van der Waals surface area contributed by atoms with E-state index in [0.717, 1.165) is 22.6 Å². The number of carbonyl (C=O) groups is 4. The number of anilines is 1. The highest BCUT2D eigenvalue weighted by Crippen LogP contribution is 2.28. The Balaban J connectivity index is 1.83. The number of carboxylic acids is 1. The van der Waals surface area contributed by atoms with E-state index in [4.69, 9.17) is 9.84 Å². The lowest BCUT2D eigenvalue weighted by molar-refractivity contribution is -0.135. The van der Waals surface area contributed by atoms with Crippen LogP contribution >= 0.6 is 0 Å². The monoisotopic (exact) mass is 436 g/mol. The number of benzene rings is 2. The number of carboxylic acid groups (broad SMARTS) is 1. The molecule has 1 aliphatic rings. The summed E-state index contributed by atoms with van der Waals surface area (Å²) >= 11 is 0. The second-order valence-electron chi connectivity index (χ2n) is 7.15. The summed E-state index contributed by atoms with van der Waals surface area (Å²) in [5.74, 6) is -2.24. The van der Waals surface area contributed by atoms with Gasteiger partial charge in [-0.1, -0.05) is 30.3 Å². The van der Waals surface area contributed by atoms with Gasteiger partial charge in [0.2, 0.25) is 11.8 Å². The van der Waals surface area contributed by atoms with Gasteiger partial charge in [0.1, 0.15) is 11.8 Å². The second kappa shape index (κ2) is 10.4. The van der Waals surface area contributed by atoms with Gasteiger partial charge in [-0.15, -0.1) is 0 Å². The van der Waals surface area contributed by atoms with Crippen LogP contribution in [0, 0.1) is 0 Å². The number of ether oxygens (including phenoxy) is 1. The number of hydrogen-bond acceptors (Lipinski definition) is 5. The van der Waals surface area contributed by atoms with Gasteiger partial charge in [0.05, 0.1) is 18.7 Å². The molecule has 0 aliphatic carbocycles. The number of rotatable bonds is 9. The smallest absolute Gasteiger partial charge is 0.328 e. The van der Waals surface area contributed by atoms with E-state index >= 15 is 0 Å². The van der Waals surface area contributed by atoms with Gasteiger partial charge in [-0.2, -0.15) is 0 Å². The Morgan fingerprint density at radius 1 is 1.09 bits per heavy atom. The predicted octanol–water partition coefficient (Wildman–Crippen LogP) is 2.43. The molecule has 0 saturated carbocycles. The Kier molecular flexibility index (Phi) is 7.38. The Bertz CT molecular complexity index is 1020. The molecule has 1 fully saturated rings. The lowest BCUT2D eigenvalue weighted by Crippen LogP contribution is -2.45. The first kappa shape index (κ1) is 22.7. The Morgan fingerprint density at radius 2 is 1.78 bits per heavy atom. The summed E-state index contributed by atoms with van der Waals surface area (Å²) in [6.45, 7) is 2.50. The molecule has 0 bridgehead atoms. The van der Waals surface area contributed by atoms with E-state index < -0.39 is 29.7 Å². The zero-order chi connectivity index (χ0) is 23.1. The zero-order valence-electron chi connectivity index (χ0n) is 17.6. The van der Waals surface area contributed by atoms with Gasteiger partial charge in [0.25, 0.3) is 5.91 Å². The molecule has 166 valence electrons. The minimum absolute atomic E-state index is 0.160. The van der Waals surface area contributed by atoms with Gasteiger partial charge in [0, 0.05) is 18.7 Å². The van der Waals surface area contributed by atoms with Crippen LogP contribution in [0.1, 0.15) is 18.9 Å². The highest BCUT2D eigenvalue weighted by Gasteiger charge is 2.43. The van der Waals surface area contributed by atoms with Gasteiger partial charge in [-0.3, -0.25) is 14.4 Å². The fraction of sp³-hybridized carbons (Fsp3) is 0.250. The standard InChI is InChI=1S/C24H24N2O6/c1-2-32-19-10-8-18(9-11-19)26-22(28)16-20(24(26)31)25(21(27)12-13-23(29)30)15-14-17-6-4-3-5-7-17/h3-13,20H,2,14-16H2,1H3,(H,29,30)/b13-12+/t20-/m1/s1. The molecule has 0 unspecified atom stereocenters. The highest BCUT2D eigenvalue weighted by molar-refractivity contribution is 6.23. The van der Waals surface area contributed by atoms with Crippen molar-refractivity contribution in [1.82, 2.24) is 4.90 Å². The highest BCUT2D eigenvalue weighted by atomic mass is 16.5. The van der Waals surface area contributed by atoms with E-state index in [0.29, 0.717) is 24.5 Å². The van der Waals surface area contributed by atoms with Crippen molar-refractivity contribution in [1.29, 1.82) is 0 Å². The van der Waals surface area contributed by atoms with Crippen molar-refractivity contribution >= 4 is 29.4 Å². The van der Waals surface area contributed by atoms with Crippen LogP contribution in [-0.4, -0.2) is 52.9 Å². The molecule has 2 aromatic rings. The predicted molar refractivity (Wildman–Crippen MR) is 117 cm³/mol. The average molecular weight is 436 g/mol. The van der Waals surface area contributed by atoms with Crippen LogP contribution in [0.2, 0.25) is 0 Å². The summed E-state index contributed by atoms with van der Waals surface area (Å²) in [6.07, 6.45) is 1.91. The van der Waals surface area contributed by atoms with Crippen LogP contribution in [0.4, 0.5) is 5.69 Å². The summed E-state index contributed by atoms with van der Waals surface area (Å²) in [7, 11) is 0. The van der Waals surface area contributed by atoms with Crippen LogP contribution < -0.4 is 9.64 Å². The second-order valence-corrected chi connectivity index (χ2v) is 7.15. The third kappa shape index (κ3) is 5.40. The summed E-state index contributed by atoms with van der Waals surface area (Å²) in [5, 5.41) is 8.87. The fourth-order valence-electron chi connectivity index (χ4n) is 3.54.